The minimum atomic E-state index is -0.224. The Morgan fingerprint density at radius 3 is 2.29 bits per heavy atom. The Balaban J connectivity index is 1.58. The highest BCUT2D eigenvalue weighted by atomic mass is 35.5. The predicted molar refractivity (Wildman–Crippen MR) is 114 cm³/mol. The summed E-state index contributed by atoms with van der Waals surface area (Å²) in [6, 6.07) is 17.4. The standard InChI is InChI=1S/C22H19Cl3FNO/c23-18-5-8-22(28-14-16-3-4-19(24)12-21(16)25)17(11-18)13-27-10-9-15-1-6-20(26)7-2-15/h1-8,11-12,27H,9-10,13-14H2. The van der Waals surface area contributed by atoms with Gasteiger partial charge in [0.1, 0.15) is 18.2 Å². The zero-order valence-electron chi connectivity index (χ0n) is 15.0. The summed E-state index contributed by atoms with van der Waals surface area (Å²) in [6.45, 7) is 1.69. The van der Waals surface area contributed by atoms with Crippen molar-refractivity contribution in [2.75, 3.05) is 6.54 Å². The van der Waals surface area contributed by atoms with E-state index in [1.54, 1.807) is 30.3 Å². The Labute approximate surface area is 179 Å². The van der Waals surface area contributed by atoms with Crippen molar-refractivity contribution in [3.63, 3.8) is 0 Å². The Hall–Kier alpha value is -1.78. The van der Waals surface area contributed by atoms with E-state index in [1.165, 1.54) is 12.1 Å². The molecular formula is C22H19Cl3FNO. The predicted octanol–water partition coefficient (Wildman–Crippen LogP) is 6.70. The molecule has 28 heavy (non-hydrogen) atoms. The fraction of sp³-hybridized carbons (Fsp3) is 0.182. The molecule has 0 bridgehead atoms. The van der Waals surface area contributed by atoms with Crippen LogP contribution in [0.5, 0.6) is 5.75 Å². The summed E-state index contributed by atoms with van der Waals surface area (Å²) in [5.74, 6) is 0.517. The topological polar surface area (TPSA) is 21.3 Å². The van der Waals surface area contributed by atoms with Crippen molar-refractivity contribution < 1.29 is 9.13 Å². The lowest BCUT2D eigenvalue weighted by atomic mass is 10.1. The van der Waals surface area contributed by atoms with E-state index in [2.05, 4.69) is 5.32 Å². The van der Waals surface area contributed by atoms with Crippen LogP contribution in [0.4, 0.5) is 4.39 Å². The summed E-state index contributed by atoms with van der Waals surface area (Å²) in [4.78, 5) is 0. The number of nitrogens with one attached hydrogen (secondary N) is 1. The second kappa shape index (κ2) is 10.1. The highest BCUT2D eigenvalue weighted by Crippen LogP contribution is 2.26. The fourth-order valence-corrected chi connectivity index (χ4v) is 3.39. The van der Waals surface area contributed by atoms with Crippen LogP contribution in [0.25, 0.3) is 0 Å². The summed E-state index contributed by atoms with van der Waals surface area (Å²) in [5, 5.41) is 5.18. The minimum absolute atomic E-state index is 0.224. The van der Waals surface area contributed by atoms with Crippen LogP contribution in [0.2, 0.25) is 15.1 Å². The molecule has 0 unspecified atom stereocenters. The van der Waals surface area contributed by atoms with Gasteiger partial charge in [-0.2, -0.15) is 0 Å². The Bertz CT molecular complexity index is 932. The average molecular weight is 439 g/mol. The second-order valence-electron chi connectivity index (χ2n) is 6.33. The molecule has 146 valence electrons. The molecule has 0 aliphatic heterocycles. The van der Waals surface area contributed by atoms with Crippen LogP contribution in [0.3, 0.4) is 0 Å². The number of halogens is 4. The van der Waals surface area contributed by atoms with Crippen LogP contribution in [-0.2, 0) is 19.6 Å². The largest absolute Gasteiger partial charge is 0.489 e. The third-order valence-electron chi connectivity index (χ3n) is 4.24. The first-order valence-corrected chi connectivity index (χ1v) is 9.95. The van der Waals surface area contributed by atoms with Crippen LogP contribution in [0.15, 0.2) is 60.7 Å². The molecule has 0 aromatic heterocycles. The molecule has 0 saturated carbocycles. The molecule has 0 spiro atoms. The molecule has 3 aromatic carbocycles. The third kappa shape index (κ3) is 6.11. The van der Waals surface area contributed by atoms with Crippen molar-refractivity contribution in [3.05, 3.63) is 98.2 Å². The molecule has 0 amide bonds. The molecule has 0 atom stereocenters. The van der Waals surface area contributed by atoms with Crippen LogP contribution < -0.4 is 10.1 Å². The van der Waals surface area contributed by atoms with Crippen LogP contribution in [0.1, 0.15) is 16.7 Å². The van der Waals surface area contributed by atoms with Gasteiger partial charge in [0.05, 0.1) is 0 Å². The van der Waals surface area contributed by atoms with Gasteiger partial charge in [-0.05, 0) is 61.0 Å². The van der Waals surface area contributed by atoms with Gasteiger partial charge in [0.25, 0.3) is 0 Å². The van der Waals surface area contributed by atoms with E-state index in [9.17, 15) is 4.39 Å². The molecular weight excluding hydrogens is 420 g/mol. The normalized spacial score (nSPS) is 10.9. The Kier molecular flexibility index (Phi) is 7.57. The lowest BCUT2D eigenvalue weighted by Gasteiger charge is -2.14. The first-order valence-electron chi connectivity index (χ1n) is 8.81. The number of rotatable bonds is 8. The molecule has 6 heteroatoms. The Morgan fingerprint density at radius 2 is 1.54 bits per heavy atom. The molecule has 0 heterocycles. The summed E-state index contributed by atoms with van der Waals surface area (Å²) >= 11 is 18.3. The van der Waals surface area contributed by atoms with Gasteiger partial charge in [0, 0.05) is 32.7 Å². The average Bonchev–Trinajstić information content (AvgIpc) is 2.67. The summed E-state index contributed by atoms with van der Waals surface area (Å²) in [5.41, 5.74) is 2.89. The first-order chi connectivity index (χ1) is 13.5. The van der Waals surface area contributed by atoms with Crippen molar-refractivity contribution in [2.24, 2.45) is 0 Å². The quantitative estimate of drug-likeness (QED) is 0.395. The van der Waals surface area contributed by atoms with Crippen molar-refractivity contribution in [2.45, 2.75) is 19.6 Å². The van der Waals surface area contributed by atoms with Gasteiger partial charge in [-0.25, -0.2) is 4.39 Å². The maximum Gasteiger partial charge on any atom is 0.124 e. The molecule has 2 nitrogen and oxygen atoms in total. The van der Waals surface area contributed by atoms with E-state index < -0.39 is 0 Å². The molecule has 0 aliphatic carbocycles. The third-order valence-corrected chi connectivity index (χ3v) is 5.06. The zero-order valence-corrected chi connectivity index (χ0v) is 17.3. The summed E-state index contributed by atoms with van der Waals surface area (Å²) in [7, 11) is 0. The minimum Gasteiger partial charge on any atom is -0.489 e. The van der Waals surface area contributed by atoms with Crippen molar-refractivity contribution in [1.82, 2.24) is 5.32 Å². The van der Waals surface area contributed by atoms with Crippen molar-refractivity contribution in [3.8, 4) is 5.75 Å². The lowest BCUT2D eigenvalue weighted by molar-refractivity contribution is 0.302. The van der Waals surface area contributed by atoms with E-state index in [4.69, 9.17) is 39.5 Å². The highest BCUT2D eigenvalue weighted by molar-refractivity contribution is 6.35. The van der Waals surface area contributed by atoms with Crippen LogP contribution in [-0.4, -0.2) is 6.54 Å². The van der Waals surface area contributed by atoms with E-state index in [-0.39, 0.29) is 5.82 Å². The van der Waals surface area contributed by atoms with Crippen LogP contribution in [0, 0.1) is 5.82 Å². The lowest BCUT2D eigenvalue weighted by Crippen LogP contribution is -2.17. The number of hydrogen-bond acceptors (Lipinski definition) is 2. The van der Waals surface area contributed by atoms with Gasteiger partial charge >= 0.3 is 0 Å². The fourth-order valence-electron chi connectivity index (χ4n) is 2.73. The maximum absolute atomic E-state index is 13.0. The second-order valence-corrected chi connectivity index (χ2v) is 7.61. The molecule has 3 aromatic rings. The monoisotopic (exact) mass is 437 g/mol. The van der Waals surface area contributed by atoms with Gasteiger partial charge in [-0.15, -0.1) is 0 Å². The Morgan fingerprint density at radius 1 is 0.821 bits per heavy atom. The van der Waals surface area contributed by atoms with E-state index in [1.807, 2.05) is 18.2 Å². The van der Waals surface area contributed by atoms with Gasteiger partial charge in [0.15, 0.2) is 0 Å². The molecule has 3 rings (SSSR count). The summed E-state index contributed by atoms with van der Waals surface area (Å²) in [6.07, 6.45) is 0.803. The molecule has 1 N–H and O–H groups in total. The zero-order chi connectivity index (χ0) is 19.9. The number of hydrogen-bond donors (Lipinski definition) is 1. The SMILES string of the molecule is Fc1ccc(CCNCc2cc(Cl)ccc2OCc2ccc(Cl)cc2Cl)cc1. The smallest absolute Gasteiger partial charge is 0.124 e. The maximum atomic E-state index is 13.0. The molecule has 0 radical (unpaired) electrons. The van der Waals surface area contributed by atoms with Gasteiger partial charge < -0.3 is 10.1 Å². The number of ether oxygens (including phenoxy) is 1. The van der Waals surface area contributed by atoms with Gasteiger partial charge in [-0.3, -0.25) is 0 Å². The van der Waals surface area contributed by atoms with E-state index in [0.717, 1.165) is 35.4 Å². The first kappa shape index (κ1) is 20.9. The van der Waals surface area contributed by atoms with Gasteiger partial charge in [0.2, 0.25) is 0 Å². The van der Waals surface area contributed by atoms with E-state index >= 15 is 0 Å². The molecule has 0 aliphatic rings. The van der Waals surface area contributed by atoms with Crippen LogP contribution >= 0.6 is 34.8 Å². The van der Waals surface area contributed by atoms with Crippen molar-refractivity contribution >= 4 is 34.8 Å². The van der Waals surface area contributed by atoms with Crippen molar-refractivity contribution in [1.29, 1.82) is 0 Å². The van der Waals surface area contributed by atoms with Gasteiger partial charge in [-0.1, -0.05) is 53.0 Å². The highest BCUT2D eigenvalue weighted by Gasteiger charge is 2.08. The van der Waals surface area contributed by atoms with E-state index in [0.29, 0.717) is 28.2 Å². The molecule has 0 saturated heterocycles. The molecule has 0 fully saturated rings. The number of benzene rings is 3. The summed E-state index contributed by atoms with van der Waals surface area (Å²) < 4.78 is 18.9.